The van der Waals surface area contributed by atoms with Gasteiger partial charge < -0.3 is 10.4 Å². The van der Waals surface area contributed by atoms with E-state index in [-0.39, 0.29) is 18.1 Å². The van der Waals surface area contributed by atoms with Crippen LogP contribution in [0.25, 0.3) is 0 Å². The molecule has 5 nitrogen and oxygen atoms in total. The van der Waals surface area contributed by atoms with Gasteiger partial charge in [-0.05, 0) is 47.7 Å². The number of halogens is 2. The van der Waals surface area contributed by atoms with Gasteiger partial charge in [-0.3, -0.25) is 14.5 Å². The molecule has 4 unspecified atom stereocenters. The number of rotatable bonds is 8. The number of nitrogens with zero attached hydrogens (tertiary/aromatic N) is 1. The summed E-state index contributed by atoms with van der Waals surface area (Å²) >= 11 is 12.7. The van der Waals surface area contributed by atoms with Crippen molar-refractivity contribution in [3.8, 4) is 0 Å². The Hall–Kier alpha value is -2.70. The Labute approximate surface area is 233 Å². The summed E-state index contributed by atoms with van der Waals surface area (Å²) in [6.45, 7) is 3.14. The number of carboxylic acids is 1. The first-order valence-corrected chi connectivity index (χ1v) is 13.9. The number of likely N-dealkylation sites (tertiary alicyclic amines) is 1. The molecule has 0 bridgehead atoms. The fourth-order valence-corrected chi connectivity index (χ4v) is 6.75. The molecule has 0 saturated carbocycles. The van der Waals surface area contributed by atoms with Crippen molar-refractivity contribution < 1.29 is 14.7 Å². The minimum Gasteiger partial charge on any atom is -0.481 e. The van der Waals surface area contributed by atoms with Crippen molar-refractivity contribution >= 4 is 35.0 Å². The van der Waals surface area contributed by atoms with Gasteiger partial charge in [0, 0.05) is 44.4 Å². The van der Waals surface area contributed by atoms with Crippen LogP contribution in [-0.2, 0) is 21.5 Å². The third-order valence-electron chi connectivity index (χ3n) is 8.28. The molecule has 2 aliphatic rings. The van der Waals surface area contributed by atoms with Gasteiger partial charge in [-0.2, -0.15) is 0 Å². The van der Waals surface area contributed by atoms with Gasteiger partial charge in [0.25, 0.3) is 0 Å². The van der Waals surface area contributed by atoms with Crippen molar-refractivity contribution in [2.75, 3.05) is 26.2 Å². The van der Waals surface area contributed by atoms with E-state index in [0.29, 0.717) is 41.8 Å². The van der Waals surface area contributed by atoms with E-state index in [1.807, 2.05) is 54.6 Å². The Morgan fingerprint density at radius 2 is 1.66 bits per heavy atom. The van der Waals surface area contributed by atoms with Crippen LogP contribution in [0.2, 0.25) is 10.0 Å². The topological polar surface area (TPSA) is 69.6 Å². The lowest BCUT2D eigenvalue weighted by Crippen LogP contribution is -2.59. The lowest BCUT2D eigenvalue weighted by molar-refractivity contribution is -0.151. The van der Waals surface area contributed by atoms with Crippen LogP contribution in [-0.4, -0.2) is 47.9 Å². The zero-order chi connectivity index (χ0) is 26.7. The smallest absolute Gasteiger partial charge is 0.315 e. The van der Waals surface area contributed by atoms with Crippen LogP contribution in [0.4, 0.5) is 0 Å². The van der Waals surface area contributed by atoms with E-state index < -0.39 is 23.2 Å². The van der Waals surface area contributed by atoms with E-state index in [1.165, 1.54) is 0 Å². The maximum absolute atomic E-state index is 13.6. The van der Waals surface area contributed by atoms with Gasteiger partial charge in [-0.15, -0.1) is 0 Å². The van der Waals surface area contributed by atoms with Gasteiger partial charge in [0.05, 0.1) is 10.0 Å². The van der Waals surface area contributed by atoms with Gasteiger partial charge in [0.15, 0.2) is 0 Å². The summed E-state index contributed by atoms with van der Waals surface area (Å²) < 4.78 is 0. The molecule has 0 aliphatic carbocycles. The summed E-state index contributed by atoms with van der Waals surface area (Å²) in [6, 6.07) is 25.0. The number of aliphatic carboxylic acids is 1. The first kappa shape index (κ1) is 26.9. The number of nitrogens with one attached hydrogen (secondary N) is 1. The van der Waals surface area contributed by atoms with Gasteiger partial charge >= 0.3 is 5.97 Å². The Morgan fingerprint density at radius 3 is 2.29 bits per heavy atom. The van der Waals surface area contributed by atoms with Crippen molar-refractivity contribution in [1.29, 1.82) is 0 Å². The largest absolute Gasteiger partial charge is 0.481 e. The molecule has 5 rings (SSSR count). The van der Waals surface area contributed by atoms with Crippen molar-refractivity contribution in [3.63, 3.8) is 0 Å². The second kappa shape index (κ2) is 11.6. The quantitative estimate of drug-likeness (QED) is 0.371. The third-order valence-corrected chi connectivity index (χ3v) is 9.02. The van der Waals surface area contributed by atoms with Crippen LogP contribution >= 0.6 is 23.2 Å². The van der Waals surface area contributed by atoms with E-state index in [2.05, 4.69) is 22.3 Å². The minimum atomic E-state index is -1.31. The van der Waals surface area contributed by atoms with Crippen molar-refractivity contribution in [1.82, 2.24) is 10.2 Å². The molecule has 4 atom stereocenters. The molecule has 2 fully saturated rings. The average molecular weight is 552 g/mol. The molecule has 2 N–H and O–H groups in total. The molecule has 0 aromatic heterocycles. The highest BCUT2D eigenvalue weighted by atomic mass is 35.5. The molecule has 198 valence electrons. The van der Waals surface area contributed by atoms with Crippen LogP contribution in [0, 0.1) is 11.8 Å². The molecule has 7 heteroatoms. The lowest BCUT2D eigenvalue weighted by Gasteiger charge is -2.51. The molecular weight excluding hydrogens is 519 g/mol. The summed E-state index contributed by atoms with van der Waals surface area (Å²) in [7, 11) is 0. The fourth-order valence-electron chi connectivity index (χ4n) is 6.45. The summed E-state index contributed by atoms with van der Waals surface area (Å²) in [4.78, 5) is 29.5. The maximum Gasteiger partial charge on any atom is 0.315 e. The van der Waals surface area contributed by atoms with Gasteiger partial charge in [-0.25, -0.2) is 0 Å². The van der Waals surface area contributed by atoms with E-state index in [0.717, 1.165) is 24.1 Å². The highest BCUT2D eigenvalue weighted by Gasteiger charge is 2.57. The molecule has 0 spiro atoms. The van der Waals surface area contributed by atoms with Crippen molar-refractivity contribution in [2.45, 2.75) is 30.7 Å². The number of ketones is 1. The Balaban J connectivity index is 1.64. The van der Waals surface area contributed by atoms with E-state index in [4.69, 9.17) is 23.2 Å². The van der Waals surface area contributed by atoms with Gasteiger partial charge in [0.2, 0.25) is 0 Å². The Kier molecular flexibility index (Phi) is 8.20. The molecule has 2 aliphatic heterocycles. The molecule has 0 radical (unpaired) electrons. The van der Waals surface area contributed by atoms with E-state index >= 15 is 0 Å². The van der Waals surface area contributed by atoms with Crippen LogP contribution in [0.15, 0.2) is 78.9 Å². The number of piperidine rings is 1. The molecule has 3 aromatic carbocycles. The Morgan fingerprint density at radius 1 is 0.947 bits per heavy atom. The summed E-state index contributed by atoms with van der Waals surface area (Å²) in [6.07, 6.45) is 0.998. The first-order valence-electron chi connectivity index (χ1n) is 13.1. The summed E-state index contributed by atoms with van der Waals surface area (Å²) in [5.41, 5.74) is 1.36. The number of hydrogen-bond donors (Lipinski definition) is 2. The van der Waals surface area contributed by atoms with Crippen molar-refractivity contribution in [3.05, 3.63) is 106 Å². The number of hydrogen-bond acceptors (Lipinski definition) is 4. The second-order valence-corrected chi connectivity index (χ2v) is 11.3. The predicted molar refractivity (Wildman–Crippen MR) is 151 cm³/mol. The molecule has 3 aromatic rings. The normalized spacial score (nSPS) is 25.8. The number of carbonyl (C=O) groups excluding carboxylic acids is 1. The molecular formula is C31H32Cl2N2O3. The first-order chi connectivity index (χ1) is 18.4. The lowest BCUT2D eigenvalue weighted by atomic mass is 9.57. The maximum atomic E-state index is 13.6. The zero-order valence-electron chi connectivity index (χ0n) is 21.2. The van der Waals surface area contributed by atoms with Crippen LogP contribution < -0.4 is 5.32 Å². The third kappa shape index (κ3) is 5.26. The summed E-state index contributed by atoms with van der Waals surface area (Å²) in [5, 5.41) is 15.2. The molecule has 38 heavy (non-hydrogen) atoms. The SMILES string of the molecule is O=C(CC1CN(Cc2ccccc2)CC(c2ccc(Cl)c(Cl)c2)C1(C(=O)O)c1ccccc1)C1CCNC1. The summed E-state index contributed by atoms with van der Waals surface area (Å²) in [5.74, 6) is -1.75. The highest BCUT2D eigenvalue weighted by Crippen LogP contribution is 2.51. The van der Waals surface area contributed by atoms with Crippen LogP contribution in [0.1, 0.15) is 35.4 Å². The van der Waals surface area contributed by atoms with Crippen LogP contribution in [0.3, 0.4) is 0 Å². The zero-order valence-corrected chi connectivity index (χ0v) is 22.7. The van der Waals surface area contributed by atoms with Crippen molar-refractivity contribution in [2.24, 2.45) is 11.8 Å². The standard InChI is InChI=1S/C31H32Cl2N2O3/c32-27-12-11-22(15-28(27)33)26-20-35(18-21-7-3-1-4-8-21)19-25(16-29(36)23-13-14-34-17-23)31(26,30(37)38)24-9-5-2-6-10-24/h1-12,15,23,25-26,34H,13-14,16-20H2,(H,37,38). The minimum absolute atomic E-state index is 0.0785. The van der Waals surface area contributed by atoms with Crippen LogP contribution in [0.5, 0.6) is 0 Å². The average Bonchev–Trinajstić information content (AvgIpc) is 3.46. The number of carbonyl (C=O) groups is 2. The monoisotopic (exact) mass is 550 g/mol. The number of benzene rings is 3. The molecule has 0 amide bonds. The number of carboxylic acid groups (broad SMARTS) is 1. The van der Waals surface area contributed by atoms with Gasteiger partial charge in [-0.1, -0.05) is 89.9 Å². The van der Waals surface area contributed by atoms with E-state index in [9.17, 15) is 14.7 Å². The Bertz CT molecular complexity index is 1280. The van der Waals surface area contributed by atoms with Gasteiger partial charge in [0.1, 0.15) is 11.2 Å². The fraction of sp³-hybridized carbons (Fsp3) is 0.355. The second-order valence-electron chi connectivity index (χ2n) is 10.5. The van der Waals surface area contributed by atoms with E-state index in [1.54, 1.807) is 12.1 Å². The predicted octanol–water partition coefficient (Wildman–Crippen LogP) is 5.80. The highest BCUT2D eigenvalue weighted by molar-refractivity contribution is 6.42. The molecule has 2 heterocycles. The number of Topliss-reactive ketones (excluding diaryl/α,β-unsaturated/α-hetero) is 1. The molecule has 2 saturated heterocycles.